The molecule has 2 aliphatic heterocycles. The largest absolute Gasteiger partial charge is 0.633 e. The summed E-state index contributed by atoms with van der Waals surface area (Å²) in [4.78, 5) is 0. The van der Waals surface area contributed by atoms with Crippen LogP contribution in [0.5, 0.6) is 11.5 Å². The van der Waals surface area contributed by atoms with Crippen LogP contribution in [0.2, 0.25) is 0 Å². The Bertz CT molecular complexity index is 3340. The van der Waals surface area contributed by atoms with Gasteiger partial charge in [-0.25, -0.2) is 0 Å². The average Bonchev–Trinajstić information content (AvgIpc) is 3.89. The van der Waals surface area contributed by atoms with Gasteiger partial charge in [-0.15, -0.1) is 11.3 Å². The van der Waals surface area contributed by atoms with Gasteiger partial charge in [-0.05, 0) is 65.7 Å². The van der Waals surface area contributed by atoms with Crippen LogP contribution < -0.4 is 14.8 Å². The highest BCUT2D eigenvalue weighted by molar-refractivity contribution is 7.27. The molecule has 0 saturated heterocycles. The lowest BCUT2D eigenvalue weighted by atomic mass is 9.66. The molecule has 250 valence electrons. The lowest BCUT2D eigenvalue weighted by Crippen LogP contribution is -2.49. The second kappa shape index (κ2) is 10.4. The molecule has 0 fully saturated rings. The van der Waals surface area contributed by atoms with Crippen LogP contribution in [-0.4, -0.2) is 16.3 Å². The number of thiophene rings is 1. The third-order valence-electron chi connectivity index (χ3n) is 11.5. The quantitative estimate of drug-likeness (QED) is 0.167. The maximum Gasteiger partial charge on any atom is 0.633 e. The number of benzene rings is 8. The van der Waals surface area contributed by atoms with Crippen molar-refractivity contribution >= 4 is 87.7 Å². The summed E-state index contributed by atoms with van der Waals surface area (Å²) < 4.78 is 20.7. The smallest absolute Gasteiger partial charge is 0.521 e. The SMILES string of the molecule is c1ccc(-n2c3ccccc3c3c4c5ccccc5n(-c5cc6c7c(c5)-c5ccccc5OB7Oc5ccccc5-6)c4c4sc5ccccc5c4c32)cc1. The van der Waals surface area contributed by atoms with Gasteiger partial charge in [-0.1, -0.05) is 109 Å². The van der Waals surface area contributed by atoms with Gasteiger partial charge in [0.05, 0.1) is 26.8 Å². The van der Waals surface area contributed by atoms with Crippen molar-refractivity contribution in [1.82, 2.24) is 9.13 Å². The molecule has 3 aromatic heterocycles. The van der Waals surface area contributed by atoms with E-state index in [4.69, 9.17) is 9.31 Å². The van der Waals surface area contributed by atoms with E-state index < -0.39 is 7.12 Å². The first-order valence-corrected chi connectivity index (χ1v) is 19.2. The third-order valence-corrected chi connectivity index (χ3v) is 12.7. The molecule has 6 heteroatoms. The van der Waals surface area contributed by atoms with Gasteiger partial charge in [0, 0.05) is 65.0 Å². The van der Waals surface area contributed by atoms with Crippen LogP contribution >= 0.6 is 11.3 Å². The minimum absolute atomic E-state index is 0.523. The molecule has 0 unspecified atom stereocenters. The Morgan fingerprint density at radius 1 is 0.426 bits per heavy atom. The van der Waals surface area contributed by atoms with Crippen molar-refractivity contribution in [2.75, 3.05) is 0 Å². The van der Waals surface area contributed by atoms with Gasteiger partial charge in [0.2, 0.25) is 0 Å². The number of para-hydroxylation sites is 5. The molecule has 0 N–H and O–H groups in total. The normalized spacial score (nSPS) is 13.1. The Balaban J connectivity index is 1.28. The molecule has 2 aliphatic rings. The molecule has 8 aromatic carbocycles. The van der Waals surface area contributed by atoms with Gasteiger partial charge < -0.3 is 18.4 Å². The minimum atomic E-state index is -0.523. The fourth-order valence-corrected chi connectivity index (χ4v) is 10.7. The highest BCUT2D eigenvalue weighted by Gasteiger charge is 2.42. The summed E-state index contributed by atoms with van der Waals surface area (Å²) in [6, 6.07) is 59.1. The Morgan fingerprint density at radius 3 is 1.61 bits per heavy atom. The molecule has 0 radical (unpaired) electrons. The van der Waals surface area contributed by atoms with Gasteiger partial charge in [-0.2, -0.15) is 0 Å². The molecule has 5 heterocycles. The van der Waals surface area contributed by atoms with Crippen LogP contribution in [0.25, 0.3) is 97.4 Å². The topological polar surface area (TPSA) is 28.3 Å². The van der Waals surface area contributed by atoms with Crippen LogP contribution in [0, 0.1) is 0 Å². The van der Waals surface area contributed by atoms with E-state index in [1.54, 1.807) is 0 Å². The second-order valence-corrected chi connectivity index (χ2v) is 15.4. The number of nitrogens with zero attached hydrogens (tertiary/aromatic N) is 2. The van der Waals surface area contributed by atoms with Gasteiger partial charge in [0.1, 0.15) is 11.5 Å². The molecule has 0 aliphatic carbocycles. The predicted octanol–water partition coefficient (Wildman–Crippen LogP) is 12.1. The highest BCUT2D eigenvalue weighted by atomic mass is 32.1. The standard InChI is InChI=1S/C48H27BN2O2S/c1-2-14-28(15-3-1)50-37-21-9-4-18-32(37)42-43-33-19-5-10-22-38(33)51(47(43)48-44(46(42)50)34-20-8-13-25-41(34)54-48)29-26-35-30-16-6-11-23-39(30)52-49-45(35)36(27-29)31-17-7-12-24-40(31)53-49/h1-27H. The average molecular weight is 707 g/mol. The van der Waals surface area contributed by atoms with Crippen molar-refractivity contribution < 1.29 is 9.31 Å². The molecule has 0 amide bonds. The summed E-state index contributed by atoms with van der Waals surface area (Å²) in [6.45, 7) is 0. The molecule has 11 aromatic rings. The summed E-state index contributed by atoms with van der Waals surface area (Å²) in [5.41, 5.74) is 12.7. The maximum atomic E-state index is 6.56. The summed E-state index contributed by atoms with van der Waals surface area (Å²) in [5, 5.41) is 7.63. The van der Waals surface area contributed by atoms with Gasteiger partial charge >= 0.3 is 7.12 Å². The van der Waals surface area contributed by atoms with Crippen molar-refractivity contribution in [3.8, 4) is 45.1 Å². The van der Waals surface area contributed by atoms with Crippen LogP contribution in [0.15, 0.2) is 164 Å². The summed E-state index contributed by atoms with van der Waals surface area (Å²) in [7, 11) is -0.523. The summed E-state index contributed by atoms with van der Waals surface area (Å²) in [5.74, 6) is 1.67. The zero-order valence-corrected chi connectivity index (χ0v) is 29.6. The lowest BCUT2D eigenvalue weighted by Gasteiger charge is -2.32. The Kier molecular flexibility index (Phi) is 5.56. The zero-order valence-electron chi connectivity index (χ0n) is 28.8. The summed E-state index contributed by atoms with van der Waals surface area (Å²) >= 11 is 1.90. The number of hydrogen-bond acceptors (Lipinski definition) is 3. The first-order valence-electron chi connectivity index (χ1n) is 18.4. The summed E-state index contributed by atoms with van der Waals surface area (Å²) in [6.07, 6.45) is 0. The van der Waals surface area contributed by atoms with E-state index in [2.05, 4.69) is 161 Å². The van der Waals surface area contributed by atoms with Crippen LogP contribution in [0.4, 0.5) is 0 Å². The first-order chi connectivity index (χ1) is 26.8. The van der Waals surface area contributed by atoms with E-state index >= 15 is 0 Å². The zero-order chi connectivity index (χ0) is 35.1. The maximum absolute atomic E-state index is 6.56. The molecule has 0 bridgehead atoms. The molecule has 0 saturated carbocycles. The third kappa shape index (κ3) is 3.63. The van der Waals surface area contributed by atoms with E-state index in [0.29, 0.717) is 0 Å². The highest BCUT2D eigenvalue weighted by Crippen LogP contribution is 2.52. The number of rotatable bonds is 2. The Labute approximate surface area is 313 Å². The van der Waals surface area contributed by atoms with E-state index in [0.717, 1.165) is 50.6 Å². The molecule has 54 heavy (non-hydrogen) atoms. The van der Waals surface area contributed by atoms with Crippen LogP contribution in [-0.2, 0) is 0 Å². The van der Waals surface area contributed by atoms with Crippen molar-refractivity contribution in [1.29, 1.82) is 0 Å². The fraction of sp³-hybridized carbons (Fsp3) is 0. The molecule has 13 rings (SSSR count). The van der Waals surface area contributed by atoms with Gasteiger partial charge in [-0.3, -0.25) is 0 Å². The van der Waals surface area contributed by atoms with Crippen LogP contribution in [0.3, 0.4) is 0 Å². The van der Waals surface area contributed by atoms with Crippen molar-refractivity contribution in [3.63, 3.8) is 0 Å². The molecular formula is C48H27BN2O2S. The van der Waals surface area contributed by atoms with E-state index in [9.17, 15) is 0 Å². The second-order valence-electron chi connectivity index (χ2n) is 14.3. The molecular weight excluding hydrogens is 679 g/mol. The van der Waals surface area contributed by atoms with Gasteiger partial charge in [0.25, 0.3) is 0 Å². The molecule has 0 spiro atoms. The molecule has 4 nitrogen and oxygen atoms in total. The van der Waals surface area contributed by atoms with Gasteiger partial charge in [0.15, 0.2) is 0 Å². The van der Waals surface area contributed by atoms with E-state index in [-0.39, 0.29) is 0 Å². The monoisotopic (exact) mass is 706 g/mol. The Hall–Kier alpha value is -6.76. The van der Waals surface area contributed by atoms with E-state index in [1.165, 1.54) is 63.8 Å². The van der Waals surface area contributed by atoms with Crippen molar-refractivity contribution in [2.45, 2.75) is 0 Å². The predicted molar refractivity (Wildman–Crippen MR) is 226 cm³/mol. The van der Waals surface area contributed by atoms with Crippen molar-refractivity contribution in [2.24, 2.45) is 0 Å². The number of fused-ring (bicyclic) bond motifs is 16. The number of aromatic nitrogens is 2. The lowest BCUT2D eigenvalue weighted by molar-refractivity contribution is 0.436. The van der Waals surface area contributed by atoms with E-state index in [1.807, 2.05) is 23.5 Å². The molecule has 0 atom stereocenters. The Morgan fingerprint density at radius 2 is 0.944 bits per heavy atom. The fourth-order valence-electron chi connectivity index (χ4n) is 9.42. The number of hydrogen-bond donors (Lipinski definition) is 0. The van der Waals surface area contributed by atoms with Crippen LogP contribution in [0.1, 0.15) is 0 Å². The van der Waals surface area contributed by atoms with Crippen molar-refractivity contribution in [3.05, 3.63) is 164 Å². The minimum Gasteiger partial charge on any atom is -0.521 e. The first kappa shape index (κ1) is 28.8.